The summed E-state index contributed by atoms with van der Waals surface area (Å²) in [5.74, 6) is 0. The van der Waals surface area contributed by atoms with Gasteiger partial charge in [0.1, 0.15) is 0 Å². The van der Waals surface area contributed by atoms with Crippen LogP contribution in [0.15, 0.2) is 212 Å². The summed E-state index contributed by atoms with van der Waals surface area (Å²) < 4.78 is 0. The van der Waals surface area contributed by atoms with Gasteiger partial charge in [0.15, 0.2) is 0 Å². The minimum Gasteiger partial charge on any atom is -0.310 e. The molecular weight excluding hydrogens is 667 g/mol. The zero-order valence-electron chi connectivity index (χ0n) is 30.0. The second kappa shape index (κ2) is 13.9. The second-order valence-corrected chi connectivity index (χ2v) is 13.9. The van der Waals surface area contributed by atoms with Crippen molar-refractivity contribution in [2.24, 2.45) is 0 Å². The van der Waals surface area contributed by atoms with Crippen LogP contribution in [0.25, 0.3) is 77.2 Å². The van der Waals surface area contributed by atoms with Crippen LogP contribution in [0.3, 0.4) is 0 Å². The first kappa shape index (κ1) is 32.3. The van der Waals surface area contributed by atoms with Crippen LogP contribution >= 0.6 is 0 Å². The fourth-order valence-corrected chi connectivity index (χ4v) is 7.72. The largest absolute Gasteiger partial charge is 0.310 e. The van der Waals surface area contributed by atoms with E-state index in [0.717, 1.165) is 50.5 Å². The molecular formula is C52H35N3. The van der Waals surface area contributed by atoms with E-state index in [9.17, 15) is 0 Å². The van der Waals surface area contributed by atoms with E-state index in [4.69, 9.17) is 9.97 Å². The molecule has 2 heterocycles. The lowest BCUT2D eigenvalue weighted by atomic mass is 9.97. The molecule has 0 atom stereocenters. The van der Waals surface area contributed by atoms with Crippen LogP contribution in [0.5, 0.6) is 0 Å². The minimum atomic E-state index is 0.878. The zero-order valence-corrected chi connectivity index (χ0v) is 30.0. The number of hydrogen-bond donors (Lipinski definition) is 0. The fraction of sp³-hybridized carbons (Fsp3) is 0. The fourth-order valence-electron chi connectivity index (χ4n) is 7.72. The van der Waals surface area contributed by atoms with Crippen LogP contribution in [0, 0.1) is 0 Å². The Labute approximate surface area is 320 Å². The van der Waals surface area contributed by atoms with Crippen molar-refractivity contribution in [2.75, 3.05) is 4.90 Å². The molecule has 0 aliphatic rings. The summed E-state index contributed by atoms with van der Waals surface area (Å²) in [7, 11) is 0. The van der Waals surface area contributed by atoms with E-state index < -0.39 is 0 Å². The molecule has 0 spiro atoms. The molecule has 3 nitrogen and oxygen atoms in total. The average Bonchev–Trinajstić information content (AvgIpc) is 3.27. The van der Waals surface area contributed by atoms with Crippen LogP contribution in [0.4, 0.5) is 17.1 Å². The topological polar surface area (TPSA) is 29.0 Å². The first-order valence-corrected chi connectivity index (χ1v) is 18.6. The lowest BCUT2D eigenvalue weighted by molar-refractivity contribution is 1.28. The highest BCUT2D eigenvalue weighted by Gasteiger charge is 2.16. The molecule has 0 unspecified atom stereocenters. The number of aromatic nitrogens is 2. The van der Waals surface area contributed by atoms with Crippen LogP contribution < -0.4 is 4.90 Å². The molecule has 10 aromatic rings. The Bertz CT molecular complexity index is 2940. The van der Waals surface area contributed by atoms with E-state index in [1.807, 2.05) is 24.4 Å². The molecule has 2 aromatic heterocycles. The Morgan fingerprint density at radius 2 is 0.855 bits per heavy atom. The Hall–Kier alpha value is -7.36. The number of rotatable bonds is 7. The van der Waals surface area contributed by atoms with Gasteiger partial charge in [-0.25, -0.2) is 4.98 Å². The summed E-state index contributed by atoms with van der Waals surface area (Å²) >= 11 is 0. The van der Waals surface area contributed by atoms with Crippen molar-refractivity contribution in [2.45, 2.75) is 0 Å². The first-order chi connectivity index (χ1) is 27.2. The minimum absolute atomic E-state index is 0.878. The number of nitrogens with zero attached hydrogens (tertiary/aromatic N) is 3. The maximum Gasteiger partial charge on any atom is 0.0965 e. The standard InChI is InChI=1S/C52H35N3/c1-4-11-36(12-5-1)38-20-25-44(26-21-38)55(46-29-31-48-43(34-46)19-18-42-33-41(24-30-47(42)48)37-13-6-2-7-14-37)45-27-22-40(23-28-45)51-35-49(39-15-8-3-9-16-39)52-50(54-51)17-10-32-53-52/h1-35H. The molecule has 0 radical (unpaired) electrons. The van der Waals surface area contributed by atoms with Crippen molar-refractivity contribution in [1.29, 1.82) is 0 Å². The van der Waals surface area contributed by atoms with Crippen molar-refractivity contribution in [1.82, 2.24) is 9.97 Å². The molecule has 0 saturated carbocycles. The monoisotopic (exact) mass is 701 g/mol. The lowest BCUT2D eigenvalue weighted by Crippen LogP contribution is -2.10. The van der Waals surface area contributed by atoms with E-state index in [1.54, 1.807) is 0 Å². The van der Waals surface area contributed by atoms with Crippen molar-refractivity contribution in [3.8, 4) is 44.6 Å². The van der Waals surface area contributed by atoms with Crippen LogP contribution in [0.1, 0.15) is 0 Å². The summed E-state index contributed by atoms with van der Waals surface area (Å²) in [5.41, 5.74) is 14.0. The predicted octanol–water partition coefficient (Wildman–Crippen LogP) is 14.1. The Kier molecular flexibility index (Phi) is 8.16. The number of hydrogen-bond acceptors (Lipinski definition) is 3. The van der Waals surface area contributed by atoms with Gasteiger partial charge in [-0.15, -0.1) is 0 Å². The first-order valence-electron chi connectivity index (χ1n) is 18.6. The van der Waals surface area contributed by atoms with Crippen molar-refractivity contribution < 1.29 is 0 Å². The van der Waals surface area contributed by atoms with Gasteiger partial charge in [0.25, 0.3) is 0 Å². The molecule has 0 aliphatic heterocycles. The third kappa shape index (κ3) is 6.18. The third-order valence-electron chi connectivity index (χ3n) is 10.5. The van der Waals surface area contributed by atoms with E-state index >= 15 is 0 Å². The molecule has 0 N–H and O–H groups in total. The number of benzene rings is 8. The van der Waals surface area contributed by atoms with Gasteiger partial charge in [0, 0.05) is 34.4 Å². The number of pyridine rings is 2. The van der Waals surface area contributed by atoms with E-state index in [-0.39, 0.29) is 0 Å². The van der Waals surface area contributed by atoms with Gasteiger partial charge < -0.3 is 4.90 Å². The van der Waals surface area contributed by atoms with Crippen molar-refractivity contribution >= 4 is 49.6 Å². The van der Waals surface area contributed by atoms with E-state index in [0.29, 0.717) is 0 Å². The van der Waals surface area contributed by atoms with Crippen molar-refractivity contribution in [3.05, 3.63) is 212 Å². The lowest BCUT2D eigenvalue weighted by Gasteiger charge is -2.26. The normalized spacial score (nSPS) is 11.3. The molecule has 55 heavy (non-hydrogen) atoms. The quantitative estimate of drug-likeness (QED) is 0.155. The van der Waals surface area contributed by atoms with Gasteiger partial charge in [-0.1, -0.05) is 146 Å². The number of anilines is 3. The molecule has 3 heteroatoms. The van der Waals surface area contributed by atoms with Crippen LogP contribution in [-0.4, -0.2) is 9.97 Å². The summed E-state index contributed by atoms with van der Waals surface area (Å²) in [4.78, 5) is 12.1. The Morgan fingerprint density at radius 1 is 0.345 bits per heavy atom. The predicted molar refractivity (Wildman–Crippen MR) is 231 cm³/mol. The summed E-state index contributed by atoms with van der Waals surface area (Å²) in [5, 5.41) is 4.92. The SMILES string of the molecule is c1ccc(-c2ccc(N(c3ccc(-c4cc(-c5ccccc5)c5ncccc5n4)cc3)c3ccc4c(ccc5cc(-c6ccccc6)ccc54)c3)cc2)cc1. The average molecular weight is 702 g/mol. The van der Waals surface area contributed by atoms with Gasteiger partial charge in [-0.3, -0.25) is 4.98 Å². The van der Waals surface area contributed by atoms with E-state index in [2.05, 4.69) is 193 Å². The van der Waals surface area contributed by atoms with Gasteiger partial charge in [-0.2, -0.15) is 0 Å². The zero-order chi connectivity index (χ0) is 36.6. The van der Waals surface area contributed by atoms with Gasteiger partial charge in [-0.05, 0) is 110 Å². The molecule has 10 rings (SSSR count). The molecule has 0 aliphatic carbocycles. The second-order valence-electron chi connectivity index (χ2n) is 13.9. The molecule has 0 amide bonds. The van der Waals surface area contributed by atoms with Crippen LogP contribution in [0.2, 0.25) is 0 Å². The molecule has 258 valence electrons. The molecule has 0 saturated heterocycles. The molecule has 8 aromatic carbocycles. The van der Waals surface area contributed by atoms with E-state index in [1.165, 1.54) is 43.8 Å². The van der Waals surface area contributed by atoms with Gasteiger partial charge in [0.05, 0.1) is 16.7 Å². The Balaban J connectivity index is 1.06. The van der Waals surface area contributed by atoms with Crippen LogP contribution in [-0.2, 0) is 0 Å². The summed E-state index contributed by atoms with van der Waals surface area (Å²) in [6.07, 6.45) is 1.84. The van der Waals surface area contributed by atoms with Crippen molar-refractivity contribution in [3.63, 3.8) is 0 Å². The highest BCUT2D eigenvalue weighted by Crippen LogP contribution is 2.40. The highest BCUT2D eigenvalue weighted by molar-refractivity contribution is 6.09. The Morgan fingerprint density at radius 3 is 1.51 bits per heavy atom. The van der Waals surface area contributed by atoms with Gasteiger partial charge in [0.2, 0.25) is 0 Å². The number of fused-ring (bicyclic) bond motifs is 4. The maximum absolute atomic E-state index is 5.07. The maximum atomic E-state index is 5.07. The summed E-state index contributed by atoms with van der Waals surface area (Å²) in [6, 6.07) is 73.4. The highest BCUT2D eigenvalue weighted by atomic mass is 15.1. The summed E-state index contributed by atoms with van der Waals surface area (Å²) in [6.45, 7) is 0. The molecule has 0 bridgehead atoms. The van der Waals surface area contributed by atoms with Gasteiger partial charge >= 0.3 is 0 Å². The smallest absolute Gasteiger partial charge is 0.0965 e. The third-order valence-corrected chi connectivity index (χ3v) is 10.5. The molecule has 0 fully saturated rings.